The van der Waals surface area contributed by atoms with Crippen molar-refractivity contribution in [1.82, 2.24) is 24.6 Å². The van der Waals surface area contributed by atoms with Gasteiger partial charge in [-0.2, -0.15) is 5.10 Å². The molecule has 1 amide bonds. The fourth-order valence-electron chi connectivity index (χ4n) is 4.11. The van der Waals surface area contributed by atoms with Gasteiger partial charge in [-0.1, -0.05) is 0 Å². The number of amides is 1. The molecule has 1 N–H and O–H groups in total. The lowest BCUT2D eigenvalue weighted by atomic mass is 10.0. The summed E-state index contributed by atoms with van der Waals surface area (Å²) in [4.78, 5) is 16.3. The molecule has 1 unspecified atom stereocenters. The molecule has 7 nitrogen and oxygen atoms in total. The van der Waals surface area contributed by atoms with Crippen molar-refractivity contribution in [3.05, 3.63) is 30.7 Å². The highest BCUT2D eigenvalue weighted by Crippen LogP contribution is 2.41. The zero-order valence-electron chi connectivity index (χ0n) is 18.1. The average molecular weight is 408 g/mol. The van der Waals surface area contributed by atoms with Crippen LogP contribution in [-0.4, -0.2) is 37.9 Å². The molecule has 7 heteroatoms. The largest absolute Gasteiger partial charge is 0.488 e. The van der Waals surface area contributed by atoms with Crippen LogP contribution in [0.5, 0.6) is 5.75 Å². The van der Waals surface area contributed by atoms with Gasteiger partial charge in [0.2, 0.25) is 5.91 Å². The van der Waals surface area contributed by atoms with Crippen LogP contribution < -0.4 is 10.1 Å². The number of hydrogen-bond acceptors (Lipinski definition) is 4. The first kappa shape index (κ1) is 19.2. The number of carbonyl (C=O) groups is 1. The quantitative estimate of drug-likeness (QED) is 0.696. The Hall–Kier alpha value is -2.83. The van der Waals surface area contributed by atoms with Crippen molar-refractivity contribution in [2.45, 2.75) is 64.6 Å². The van der Waals surface area contributed by atoms with Crippen molar-refractivity contribution in [2.75, 3.05) is 6.54 Å². The molecule has 1 saturated heterocycles. The molecule has 2 aliphatic rings. The molecule has 30 heavy (non-hydrogen) atoms. The summed E-state index contributed by atoms with van der Waals surface area (Å²) in [5, 5.41) is 7.71. The number of aromatic nitrogens is 4. The summed E-state index contributed by atoms with van der Waals surface area (Å²) in [6.07, 6.45) is 6.75. The third kappa shape index (κ3) is 3.46. The third-order valence-electron chi connectivity index (χ3n) is 6.13. The first-order chi connectivity index (χ1) is 14.3. The minimum absolute atomic E-state index is 0.0721. The van der Waals surface area contributed by atoms with Gasteiger partial charge in [0.1, 0.15) is 17.4 Å². The standard InChI is InChI=1S/C23H29N5O2/c1-14(16-11-21(29)24-12-16)30-20-10-15(18-7-8-28(26-18)23(2,3)4)9-19-22(20)27(13-25-19)17-5-6-17/h7-10,13-14,16-17H,5-6,11-12H2,1-4H3,(H,24,29)/t14?,16-/m1/s1. The Morgan fingerprint density at radius 1 is 1.27 bits per heavy atom. The molecular weight excluding hydrogens is 378 g/mol. The number of benzene rings is 1. The Bertz CT molecular complexity index is 1100. The molecule has 1 saturated carbocycles. The molecule has 0 bridgehead atoms. The zero-order valence-corrected chi connectivity index (χ0v) is 18.1. The van der Waals surface area contributed by atoms with Gasteiger partial charge in [0.25, 0.3) is 0 Å². The van der Waals surface area contributed by atoms with Gasteiger partial charge < -0.3 is 14.6 Å². The van der Waals surface area contributed by atoms with Crippen LogP contribution in [0.1, 0.15) is 53.0 Å². The number of nitrogens with one attached hydrogen (secondary N) is 1. The molecule has 1 aromatic carbocycles. The molecule has 158 valence electrons. The van der Waals surface area contributed by atoms with E-state index in [2.05, 4.69) is 54.7 Å². The Kier molecular flexibility index (Phi) is 4.38. The summed E-state index contributed by atoms with van der Waals surface area (Å²) >= 11 is 0. The minimum Gasteiger partial charge on any atom is -0.488 e. The van der Waals surface area contributed by atoms with Crippen LogP contribution in [-0.2, 0) is 10.3 Å². The van der Waals surface area contributed by atoms with Gasteiger partial charge in [0.05, 0.1) is 23.1 Å². The predicted octanol–water partition coefficient (Wildman–Crippen LogP) is 3.89. The Morgan fingerprint density at radius 2 is 2.07 bits per heavy atom. The number of nitrogens with zero attached hydrogens (tertiary/aromatic N) is 4. The second-order valence-electron chi connectivity index (χ2n) is 9.63. The second-order valence-corrected chi connectivity index (χ2v) is 9.63. The number of ether oxygens (including phenoxy) is 1. The maximum absolute atomic E-state index is 11.7. The van der Waals surface area contributed by atoms with E-state index < -0.39 is 0 Å². The van der Waals surface area contributed by atoms with Crippen molar-refractivity contribution in [3.63, 3.8) is 0 Å². The third-order valence-corrected chi connectivity index (χ3v) is 6.13. The van der Waals surface area contributed by atoms with E-state index in [1.807, 2.05) is 23.3 Å². The number of hydrogen-bond donors (Lipinski definition) is 1. The molecule has 2 fully saturated rings. The second kappa shape index (κ2) is 6.86. The normalized spacial score (nSPS) is 20.5. The van der Waals surface area contributed by atoms with Gasteiger partial charge in [-0.3, -0.25) is 9.48 Å². The summed E-state index contributed by atoms with van der Waals surface area (Å²) < 4.78 is 10.7. The van der Waals surface area contributed by atoms with Crippen molar-refractivity contribution in [3.8, 4) is 17.0 Å². The van der Waals surface area contributed by atoms with Gasteiger partial charge >= 0.3 is 0 Å². The fraction of sp³-hybridized carbons (Fsp3) is 0.522. The highest BCUT2D eigenvalue weighted by atomic mass is 16.5. The molecule has 0 spiro atoms. The predicted molar refractivity (Wildman–Crippen MR) is 115 cm³/mol. The van der Waals surface area contributed by atoms with E-state index in [-0.39, 0.29) is 23.5 Å². The molecule has 1 aliphatic carbocycles. The Labute approximate surface area is 176 Å². The van der Waals surface area contributed by atoms with Crippen molar-refractivity contribution < 1.29 is 9.53 Å². The van der Waals surface area contributed by atoms with Crippen LogP contribution in [0, 0.1) is 5.92 Å². The summed E-state index contributed by atoms with van der Waals surface area (Å²) in [5.41, 5.74) is 3.79. The lowest BCUT2D eigenvalue weighted by Crippen LogP contribution is -2.25. The maximum atomic E-state index is 11.7. The van der Waals surface area contributed by atoms with Gasteiger partial charge in [0, 0.05) is 36.7 Å². The van der Waals surface area contributed by atoms with Crippen LogP contribution in [0.3, 0.4) is 0 Å². The monoisotopic (exact) mass is 407 g/mol. The lowest BCUT2D eigenvalue weighted by molar-refractivity contribution is -0.119. The van der Waals surface area contributed by atoms with Crippen LogP contribution in [0.2, 0.25) is 0 Å². The summed E-state index contributed by atoms with van der Waals surface area (Å²) in [6.45, 7) is 9.13. The molecule has 1 aliphatic heterocycles. The molecule has 2 atom stereocenters. The first-order valence-corrected chi connectivity index (χ1v) is 10.8. The number of rotatable bonds is 5. The van der Waals surface area contributed by atoms with Crippen molar-refractivity contribution >= 4 is 16.9 Å². The zero-order chi connectivity index (χ0) is 21.0. The Morgan fingerprint density at radius 3 is 2.70 bits per heavy atom. The van der Waals surface area contributed by atoms with Gasteiger partial charge in [0.15, 0.2) is 0 Å². The smallest absolute Gasteiger partial charge is 0.220 e. The number of fused-ring (bicyclic) bond motifs is 1. The molecule has 0 radical (unpaired) electrons. The van der Waals surface area contributed by atoms with Crippen molar-refractivity contribution in [1.29, 1.82) is 0 Å². The van der Waals surface area contributed by atoms with E-state index in [1.54, 1.807) is 0 Å². The van der Waals surface area contributed by atoms with Gasteiger partial charge in [-0.15, -0.1) is 0 Å². The highest BCUT2D eigenvalue weighted by Gasteiger charge is 2.30. The molecule has 5 rings (SSSR count). The number of carbonyl (C=O) groups excluding carboxylic acids is 1. The molecule has 3 aromatic rings. The van der Waals surface area contributed by atoms with E-state index in [9.17, 15) is 4.79 Å². The average Bonchev–Trinajstić information content (AvgIpc) is 3.10. The molecule has 3 heterocycles. The van der Waals surface area contributed by atoms with Gasteiger partial charge in [-0.25, -0.2) is 4.98 Å². The van der Waals surface area contributed by atoms with Crippen LogP contribution in [0.25, 0.3) is 22.3 Å². The molecular formula is C23H29N5O2. The maximum Gasteiger partial charge on any atom is 0.220 e. The van der Waals surface area contributed by atoms with Gasteiger partial charge in [-0.05, 0) is 58.7 Å². The summed E-state index contributed by atoms with van der Waals surface area (Å²) in [6, 6.07) is 6.73. The van der Waals surface area contributed by atoms with E-state index >= 15 is 0 Å². The highest BCUT2D eigenvalue weighted by molar-refractivity contribution is 5.87. The minimum atomic E-state index is -0.0776. The first-order valence-electron chi connectivity index (χ1n) is 10.8. The number of imidazole rings is 1. The SMILES string of the molecule is CC(Oc1cc(-c2ccn(C(C)(C)C)n2)cc2ncn(C3CC3)c12)[C@H]1CNC(=O)C1. The van der Waals surface area contributed by atoms with E-state index in [4.69, 9.17) is 9.84 Å². The van der Waals surface area contributed by atoms with E-state index in [0.717, 1.165) is 28.0 Å². The summed E-state index contributed by atoms with van der Waals surface area (Å²) in [5.74, 6) is 1.10. The topological polar surface area (TPSA) is 74.0 Å². The molecule has 2 aromatic heterocycles. The van der Waals surface area contributed by atoms with E-state index in [0.29, 0.717) is 19.0 Å². The van der Waals surface area contributed by atoms with Crippen molar-refractivity contribution in [2.24, 2.45) is 5.92 Å². The Balaban J connectivity index is 1.55. The van der Waals surface area contributed by atoms with Crippen LogP contribution >= 0.6 is 0 Å². The van der Waals surface area contributed by atoms with Crippen LogP contribution in [0.4, 0.5) is 0 Å². The lowest BCUT2D eigenvalue weighted by Gasteiger charge is -2.21. The summed E-state index contributed by atoms with van der Waals surface area (Å²) in [7, 11) is 0. The van der Waals surface area contributed by atoms with E-state index in [1.165, 1.54) is 12.8 Å². The van der Waals surface area contributed by atoms with Crippen LogP contribution in [0.15, 0.2) is 30.7 Å². The fourth-order valence-corrected chi connectivity index (χ4v) is 4.11.